The summed E-state index contributed by atoms with van der Waals surface area (Å²) in [5, 5.41) is 6.97. The fraction of sp³-hybridized carbons (Fsp3) is 0.474. The summed E-state index contributed by atoms with van der Waals surface area (Å²) in [5.41, 5.74) is 0.495. The third-order valence-corrected chi connectivity index (χ3v) is 4.68. The van der Waals surface area contributed by atoms with Gasteiger partial charge < -0.3 is 15.4 Å². The van der Waals surface area contributed by atoms with Gasteiger partial charge >= 0.3 is 0 Å². The Kier molecular flexibility index (Phi) is 11.7. The number of nitrogens with one attached hydrogen (secondary N) is 2. The van der Waals surface area contributed by atoms with Gasteiger partial charge in [-0.3, -0.25) is 9.59 Å². The highest BCUT2D eigenvalue weighted by molar-refractivity contribution is 7.95. The Balaban J connectivity index is 2.05. The summed E-state index contributed by atoms with van der Waals surface area (Å²) in [6.07, 6.45) is 4.20. The molecule has 0 aliphatic carbocycles. The Morgan fingerprint density at radius 2 is 2.10 bits per heavy atom. The monoisotopic (exact) mass is 447 g/mol. The Bertz CT molecular complexity index is 670. The second-order valence-corrected chi connectivity index (χ2v) is 7.64. The minimum atomic E-state index is -0.757. The molecule has 1 heterocycles. The molecule has 0 aromatic carbocycles. The van der Waals surface area contributed by atoms with Crippen molar-refractivity contribution in [2.24, 2.45) is 5.92 Å². The number of halogens is 2. The van der Waals surface area contributed by atoms with Gasteiger partial charge in [-0.1, -0.05) is 38.6 Å². The van der Waals surface area contributed by atoms with Gasteiger partial charge in [0.25, 0.3) is 5.91 Å². The Morgan fingerprint density at radius 1 is 1.38 bits per heavy atom. The number of allylic oxidation sites excluding steroid dienone is 4. The number of nitrogens with zero attached hydrogens (tertiary/aromatic N) is 1. The van der Waals surface area contributed by atoms with Gasteiger partial charge in [0.05, 0.1) is 17.3 Å². The summed E-state index contributed by atoms with van der Waals surface area (Å²) in [7, 11) is 0. The molecule has 1 aliphatic heterocycles. The molecule has 0 aromatic heterocycles. The van der Waals surface area contributed by atoms with Crippen LogP contribution < -0.4 is 10.6 Å². The number of rotatable bonds is 14. The number of ether oxygens (including phenoxy) is 1. The summed E-state index contributed by atoms with van der Waals surface area (Å²) < 4.78 is 23.0. The number of hydrogen-bond acceptors (Lipinski definition) is 6. The highest BCUT2D eigenvalue weighted by Gasteiger charge is 2.38. The van der Waals surface area contributed by atoms with Gasteiger partial charge in [0, 0.05) is 37.3 Å². The standard InChI is InChI=1S/C19H27ClFN3O4S/c1-13(2)17-10-24(17)28-29-12-19(26)23-14(3)7-8-22-18(25)11-27-9-5-6-16(20)15(4)21/h5-6,9,13,17H,3-4,7-8,10-12H2,1-2H3,(H,22,25)(H,23,26)/b9-5+,16-6+. The lowest BCUT2D eigenvalue weighted by Gasteiger charge is -2.10. The smallest absolute Gasteiger partial charge is 0.257 e. The molecule has 1 rings (SSSR count). The molecule has 29 heavy (non-hydrogen) atoms. The number of carbonyl (C=O) groups excluding carboxylic acids is 2. The molecule has 1 aliphatic rings. The van der Waals surface area contributed by atoms with Gasteiger partial charge in [-0.2, -0.15) is 5.06 Å². The zero-order chi connectivity index (χ0) is 21.8. The van der Waals surface area contributed by atoms with E-state index in [1.165, 1.54) is 18.4 Å². The first-order chi connectivity index (χ1) is 13.7. The van der Waals surface area contributed by atoms with E-state index in [0.29, 0.717) is 30.6 Å². The van der Waals surface area contributed by atoms with Crippen LogP contribution in [-0.2, 0) is 18.6 Å². The van der Waals surface area contributed by atoms with E-state index in [2.05, 4.69) is 37.6 Å². The molecule has 162 valence electrons. The average Bonchev–Trinajstić information content (AvgIpc) is 3.41. The zero-order valence-electron chi connectivity index (χ0n) is 16.6. The molecule has 2 amide bonds. The summed E-state index contributed by atoms with van der Waals surface area (Å²) >= 11 is 6.59. The van der Waals surface area contributed by atoms with Crippen molar-refractivity contribution >= 4 is 35.5 Å². The van der Waals surface area contributed by atoms with Gasteiger partial charge in [0.15, 0.2) is 6.61 Å². The zero-order valence-corrected chi connectivity index (χ0v) is 18.2. The Labute approximate surface area is 180 Å². The van der Waals surface area contributed by atoms with Crippen LogP contribution in [0, 0.1) is 5.92 Å². The summed E-state index contributed by atoms with van der Waals surface area (Å²) in [4.78, 5) is 23.4. The van der Waals surface area contributed by atoms with Gasteiger partial charge in [-0.05, 0) is 18.1 Å². The lowest BCUT2D eigenvalue weighted by atomic mass is 10.1. The van der Waals surface area contributed by atoms with Crippen LogP contribution >= 0.6 is 23.6 Å². The van der Waals surface area contributed by atoms with Crippen LogP contribution in [0.3, 0.4) is 0 Å². The molecule has 0 spiro atoms. The van der Waals surface area contributed by atoms with Gasteiger partial charge in [-0.25, -0.2) is 8.67 Å². The van der Waals surface area contributed by atoms with Crippen molar-refractivity contribution in [3.05, 3.63) is 48.1 Å². The molecule has 2 atom stereocenters. The van der Waals surface area contributed by atoms with Gasteiger partial charge in [-0.15, -0.1) is 0 Å². The highest BCUT2D eigenvalue weighted by Crippen LogP contribution is 2.28. The van der Waals surface area contributed by atoms with Crippen LogP contribution in [0.25, 0.3) is 0 Å². The SMILES string of the molecule is C=C(CCNC(=O)CO/C=C/C=C(/Cl)C(=C)F)NC(=O)CSON1CC1C(C)C. The predicted octanol–water partition coefficient (Wildman–Crippen LogP) is 3.18. The van der Waals surface area contributed by atoms with E-state index in [4.69, 9.17) is 20.6 Å². The predicted molar refractivity (Wildman–Crippen MR) is 113 cm³/mol. The lowest BCUT2D eigenvalue weighted by molar-refractivity contribution is -0.124. The molecule has 0 bridgehead atoms. The van der Waals surface area contributed by atoms with Crippen LogP contribution in [0.5, 0.6) is 0 Å². The third-order valence-electron chi connectivity index (χ3n) is 3.67. The normalized spacial score (nSPS) is 18.6. The van der Waals surface area contributed by atoms with Crippen molar-refractivity contribution in [1.82, 2.24) is 15.7 Å². The minimum Gasteiger partial charge on any atom is -0.491 e. The van der Waals surface area contributed by atoms with Crippen molar-refractivity contribution in [2.45, 2.75) is 26.3 Å². The van der Waals surface area contributed by atoms with Crippen molar-refractivity contribution in [3.63, 3.8) is 0 Å². The average molecular weight is 448 g/mol. The fourth-order valence-electron chi connectivity index (χ4n) is 2.01. The molecule has 1 saturated heterocycles. The van der Waals surface area contributed by atoms with E-state index < -0.39 is 5.83 Å². The third kappa shape index (κ3) is 11.7. The first kappa shape index (κ1) is 25.2. The van der Waals surface area contributed by atoms with E-state index in [0.717, 1.165) is 18.6 Å². The van der Waals surface area contributed by atoms with Crippen molar-refractivity contribution < 1.29 is 23.0 Å². The second-order valence-electron chi connectivity index (χ2n) is 6.56. The van der Waals surface area contributed by atoms with Crippen LogP contribution in [0.1, 0.15) is 20.3 Å². The lowest BCUT2D eigenvalue weighted by Crippen LogP contribution is -2.30. The molecule has 1 fully saturated rings. The highest BCUT2D eigenvalue weighted by atomic mass is 35.5. The quantitative estimate of drug-likeness (QED) is 0.184. The topological polar surface area (TPSA) is 79.7 Å². The van der Waals surface area contributed by atoms with Crippen LogP contribution in [0.15, 0.2) is 48.1 Å². The first-order valence-electron chi connectivity index (χ1n) is 9.00. The van der Waals surface area contributed by atoms with Crippen LogP contribution in [0.2, 0.25) is 0 Å². The molecule has 10 heteroatoms. The van der Waals surface area contributed by atoms with E-state index in [1.54, 1.807) is 0 Å². The summed E-state index contributed by atoms with van der Waals surface area (Å²) in [6.45, 7) is 12.0. The van der Waals surface area contributed by atoms with Crippen molar-refractivity contribution in [1.29, 1.82) is 0 Å². The van der Waals surface area contributed by atoms with E-state index in [1.807, 2.05) is 5.06 Å². The van der Waals surface area contributed by atoms with E-state index in [9.17, 15) is 14.0 Å². The molecular weight excluding hydrogens is 421 g/mol. The maximum Gasteiger partial charge on any atom is 0.257 e. The van der Waals surface area contributed by atoms with Crippen molar-refractivity contribution in [3.8, 4) is 0 Å². The molecule has 0 radical (unpaired) electrons. The largest absolute Gasteiger partial charge is 0.491 e. The molecular formula is C19H27ClFN3O4S. The molecule has 2 N–H and O–H groups in total. The molecule has 0 aromatic rings. The van der Waals surface area contributed by atoms with E-state index >= 15 is 0 Å². The Morgan fingerprint density at radius 3 is 2.72 bits per heavy atom. The molecule has 7 nitrogen and oxygen atoms in total. The van der Waals surface area contributed by atoms with Gasteiger partial charge in [0.2, 0.25) is 5.91 Å². The molecule has 0 saturated carbocycles. The van der Waals surface area contributed by atoms with Crippen LogP contribution in [0.4, 0.5) is 4.39 Å². The summed E-state index contributed by atoms with van der Waals surface area (Å²) in [6, 6.07) is 0.424. The number of hydrogen-bond donors (Lipinski definition) is 2. The van der Waals surface area contributed by atoms with Gasteiger partial charge in [0.1, 0.15) is 11.6 Å². The minimum absolute atomic E-state index is 0.148. The Hall–Kier alpha value is -1.81. The number of carbonyl (C=O) groups is 2. The second kappa shape index (κ2) is 13.4. The maximum absolute atomic E-state index is 12.6. The van der Waals surface area contributed by atoms with Crippen LogP contribution in [-0.4, -0.2) is 48.4 Å². The van der Waals surface area contributed by atoms with E-state index in [-0.39, 0.29) is 29.2 Å². The first-order valence-corrected chi connectivity index (χ1v) is 10.3. The number of amides is 2. The summed E-state index contributed by atoms with van der Waals surface area (Å²) in [5.74, 6) is -0.640. The van der Waals surface area contributed by atoms with Crippen molar-refractivity contribution in [2.75, 3.05) is 25.4 Å². The fourth-order valence-corrected chi connectivity index (χ4v) is 2.62. The molecule has 2 unspecified atom stereocenters. The number of hydroxylamine groups is 2. The maximum atomic E-state index is 12.6.